The van der Waals surface area contributed by atoms with Gasteiger partial charge in [0.1, 0.15) is 33.8 Å². The average molecular weight is 551 g/mol. The van der Waals surface area contributed by atoms with Gasteiger partial charge in [-0.3, -0.25) is 0 Å². The molecule has 200 valence electrons. The standard InChI is InChI=1S/C40H22O3/c1-3-12-33-27(7-1)31-11-5-10-30-25(19-20-36(41-33)40(30)31)23-15-17-28-29-18-16-24(22-38(29)43-37(28)21-23)26-9-6-14-35-39(26)32-8-2-4-13-34(32)42-35/h1-22H. The summed E-state index contributed by atoms with van der Waals surface area (Å²) >= 11 is 0. The van der Waals surface area contributed by atoms with Crippen LogP contribution in [0, 0.1) is 0 Å². The normalized spacial score (nSPS) is 12.4. The number of rotatable bonds is 2. The molecule has 0 saturated carbocycles. The number of benzene rings is 7. The van der Waals surface area contributed by atoms with Gasteiger partial charge in [-0.2, -0.15) is 0 Å². The molecule has 0 N–H and O–H groups in total. The van der Waals surface area contributed by atoms with Crippen molar-refractivity contribution in [2.45, 2.75) is 0 Å². The van der Waals surface area contributed by atoms with Crippen LogP contribution in [0.3, 0.4) is 0 Å². The van der Waals surface area contributed by atoms with Gasteiger partial charge in [0.05, 0.1) is 0 Å². The Labute approximate surface area is 246 Å². The molecule has 1 aliphatic heterocycles. The van der Waals surface area contributed by atoms with Crippen LogP contribution in [-0.2, 0) is 0 Å². The highest BCUT2D eigenvalue weighted by atomic mass is 16.5. The van der Waals surface area contributed by atoms with Gasteiger partial charge in [-0.15, -0.1) is 0 Å². The van der Waals surface area contributed by atoms with Crippen LogP contribution in [0.5, 0.6) is 11.5 Å². The molecule has 0 radical (unpaired) electrons. The van der Waals surface area contributed by atoms with Gasteiger partial charge < -0.3 is 13.6 Å². The van der Waals surface area contributed by atoms with Crippen LogP contribution in [0.25, 0.3) is 88.0 Å². The Bertz CT molecular complexity index is 2600. The second kappa shape index (κ2) is 8.37. The molecule has 0 unspecified atom stereocenters. The lowest BCUT2D eigenvalue weighted by molar-refractivity contribution is 0.487. The first-order valence-corrected chi connectivity index (χ1v) is 14.5. The number of furan rings is 2. The molecule has 0 bridgehead atoms. The third kappa shape index (κ3) is 3.19. The Kier molecular flexibility index (Phi) is 4.45. The van der Waals surface area contributed by atoms with E-state index < -0.39 is 0 Å². The molecule has 0 atom stereocenters. The number of hydrogen-bond donors (Lipinski definition) is 0. The summed E-state index contributed by atoms with van der Waals surface area (Å²) in [6.07, 6.45) is 0. The molecule has 7 aromatic carbocycles. The molecule has 3 heteroatoms. The van der Waals surface area contributed by atoms with Crippen LogP contribution >= 0.6 is 0 Å². The Balaban J connectivity index is 1.13. The number of ether oxygens (including phenoxy) is 1. The predicted octanol–water partition coefficient (Wildman–Crippen LogP) is 11.7. The molecule has 0 fully saturated rings. The monoisotopic (exact) mass is 550 g/mol. The van der Waals surface area contributed by atoms with Crippen molar-refractivity contribution in [1.82, 2.24) is 0 Å². The lowest BCUT2D eigenvalue weighted by Crippen LogP contribution is -1.97. The van der Waals surface area contributed by atoms with E-state index in [1.807, 2.05) is 30.3 Å². The van der Waals surface area contributed by atoms with E-state index in [0.717, 1.165) is 88.6 Å². The zero-order valence-electron chi connectivity index (χ0n) is 22.9. The van der Waals surface area contributed by atoms with E-state index in [0.29, 0.717) is 0 Å². The highest BCUT2D eigenvalue weighted by Crippen LogP contribution is 2.49. The van der Waals surface area contributed by atoms with E-state index in [2.05, 4.69) is 103 Å². The Morgan fingerprint density at radius 2 is 0.977 bits per heavy atom. The molecule has 10 rings (SSSR count). The average Bonchev–Trinajstić information content (AvgIpc) is 3.62. The lowest BCUT2D eigenvalue weighted by atomic mass is 9.90. The summed E-state index contributed by atoms with van der Waals surface area (Å²) in [4.78, 5) is 0. The van der Waals surface area contributed by atoms with Crippen LogP contribution in [0.4, 0.5) is 0 Å². The van der Waals surface area contributed by atoms with Gasteiger partial charge in [0.2, 0.25) is 0 Å². The van der Waals surface area contributed by atoms with Gasteiger partial charge in [-0.1, -0.05) is 84.9 Å². The molecule has 3 heterocycles. The summed E-state index contributed by atoms with van der Waals surface area (Å²) in [6, 6.07) is 46.5. The highest BCUT2D eigenvalue weighted by molar-refractivity contribution is 6.14. The number of hydrogen-bond acceptors (Lipinski definition) is 3. The van der Waals surface area contributed by atoms with Gasteiger partial charge in [-0.25, -0.2) is 0 Å². The van der Waals surface area contributed by atoms with E-state index in [1.54, 1.807) is 0 Å². The van der Waals surface area contributed by atoms with Crippen LogP contribution < -0.4 is 4.74 Å². The highest BCUT2D eigenvalue weighted by Gasteiger charge is 2.21. The predicted molar refractivity (Wildman–Crippen MR) is 175 cm³/mol. The minimum absolute atomic E-state index is 0.872. The van der Waals surface area contributed by atoms with Crippen LogP contribution in [0.15, 0.2) is 142 Å². The van der Waals surface area contributed by atoms with Crippen molar-refractivity contribution < 1.29 is 13.6 Å². The third-order valence-corrected chi connectivity index (χ3v) is 8.90. The fourth-order valence-corrected chi connectivity index (χ4v) is 6.96. The summed E-state index contributed by atoms with van der Waals surface area (Å²) in [7, 11) is 0. The smallest absolute Gasteiger partial charge is 0.136 e. The molecular weight excluding hydrogens is 528 g/mol. The zero-order valence-corrected chi connectivity index (χ0v) is 22.9. The summed E-state index contributed by atoms with van der Waals surface area (Å²) in [5.74, 6) is 1.79. The van der Waals surface area contributed by atoms with E-state index in [9.17, 15) is 0 Å². The maximum absolute atomic E-state index is 6.55. The molecule has 2 aromatic heterocycles. The molecule has 0 aliphatic carbocycles. The van der Waals surface area contributed by atoms with E-state index in [4.69, 9.17) is 13.6 Å². The maximum Gasteiger partial charge on any atom is 0.136 e. The van der Waals surface area contributed by atoms with Crippen molar-refractivity contribution in [2.75, 3.05) is 0 Å². The second-order valence-corrected chi connectivity index (χ2v) is 11.2. The van der Waals surface area contributed by atoms with E-state index in [1.165, 1.54) is 10.9 Å². The number of fused-ring (bicyclic) bond motifs is 8. The first-order chi connectivity index (χ1) is 21.3. The molecule has 43 heavy (non-hydrogen) atoms. The quantitative estimate of drug-likeness (QED) is 0.215. The molecule has 0 saturated heterocycles. The van der Waals surface area contributed by atoms with Gasteiger partial charge in [0, 0.05) is 32.5 Å². The van der Waals surface area contributed by atoms with E-state index in [-0.39, 0.29) is 0 Å². The van der Waals surface area contributed by atoms with Crippen molar-refractivity contribution in [3.63, 3.8) is 0 Å². The molecule has 9 aromatic rings. The van der Waals surface area contributed by atoms with Crippen molar-refractivity contribution in [3.05, 3.63) is 133 Å². The summed E-state index contributed by atoms with van der Waals surface area (Å²) in [5.41, 5.74) is 10.4. The zero-order chi connectivity index (χ0) is 28.1. The maximum atomic E-state index is 6.55. The van der Waals surface area contributed by atoms with Crippen molar-refractivity contribution >= 4 is 54.6 Å². The van der Waals surface area contributed by atoms with Gasteiger partial charge >= 0.3 is 0 Å². The molecule has 3 nitrogen and oxygen atoms in total. The first kappa shape index (κ1) is 22.8. The Morgan fingerprint density at radius 1 is 0.326 bits per heavy atom. The molecule has 1 aliphatic rings. The number of para-hydroxylation sites is 2. The largest absolute Gasteiger partial charge is 0.456 e. The fourth-order valence-electron chi connectivity index (χ4n) is 6.96. The van der Waals surface area contributed by atoms with Gasteiger partial charge in [0.25, 0.3) is 0 Å². The first-order valence-electron chi connectivity index (χ1n) is 14.5. The molecule has 0 spiro atoms. The van der Waals surface area contributed by atoms with Crippen LogP contribution in [-0.4, -0.2) is 0 Å². The minimum Gasteiger partial charge on any atom is -0.456 e. The van der Waals surface area contributed by atoms with E-state index >= 15 is 0 Å². The third-order valence-electron chi connectivity index (χ3n) is 8.90. The minimum atomic E-state index is 0.872. The van der Waals surface area contributed by atoms with Crippen molar-refractivity contribution in [1.29, 1.82) is 0 Å². The van der Waals surface area contributed by atoms with Crippen LogP contribution in [0.1, 0.15) is 0 Å². The molecule has 0 amide bonds. The van der Waals surface area contributed by atoms with Gasteiger partial charge in [-0.05, 0) is 81.7 Å². The Morgan fingerprint density at radius 3 is 1.86 bits per heavy atom. The molecular formula is C40H22O3. The summed E-state index contributed by atoms with van der Waals surface area (Å²) < 4.78 is 19.0. The van der Waals surface area contributed by atoms with Crippen molar-refractivity contribution in [2.24, 2.45) is 0 Å². The fraction of sp³-hybridized carbons (Fsp3) is 0. The summed E-state index contributed by atoms with van der Waals surface area (Å²) in [6.45, 7) is 0. The van der Waals surface area contributed by atoms with Crippen molar-refractivity contribution in [3.8, 4) is 44.9 Å². The Hall–Kier alpha value is -5.80. The summed E-state index contributed by atoms with van der Waals surface area (Å²) in [5, 5.41) is 6.79. The van der Waals surface area contributed by atoms with Crippen LogP contribution in [0.2, 0.25) is 0 Å². The SMILES string of the molecule is c1ccc2c(c1)Oc1ccc(-c3ccc4c(c3)oc3cc(-c5cccc6oc7ccccc7c56)ccc34)c3cccc-2c13. The lowest BCUT2D eigenvalue weighted by Gasteiger charge is -2.22. The topological polar surface area (TPSA) is 35.5 Å². The van der Waals surface area contributed by atoms with Gasteiger partial charge in [0.15, 0.2) is 0 Å². The second-order valence-electron chi connectivity index (χ2n) is 11.2.